The number of ether oxygens (including phenoxy) is 1. The Balaban J connectivity index is -0.0000000281. The van der Waals surface area contributed by atoms with Crippen molar-refractivity contribution >= 4 is 0 Å². The lowest BCUT2D eigenvalue weighted by atomic mass is 10.3. The van der Waals surface area contributed by atoms with Crippen LogP contribution in [0.15, 0.2) is 24.3 Å². The second kappa shape index (κ2) is 127. The summed E-state index contributed by atoms with van der Waals surface area (Å²) in [6.45, 7) is 34.7. The van der Waals surface area contributed by atoms with Crippen LogP contribution in [0.5, 0.6) is 0 Å². The molecule has 0 amide bonds. The summed E-state index contributed by atoms with van der Waals surface area (Å²) >= 11 is 0. The molecular formula is C30H75NO. The number of hydrogen-bond donors (Lipinski definition) is 0. The minimum Gasteiger partial charge on any atom is -0.385 e. The third-order valence-corrected chi connectivity index (χ3v) is 2.33. The average molecular weight is 466 g/mol. The van der Waals surface area contributed by atoms with Crippen LogP contribution in [-0.2, 0) is 4.74 Å². The minimum absolute atomic E-state index is 0.873. The fourth-order valence-electron chi connectivity index (χ4n) is 0.879. The van der Waals surface area contributed by atoms with E-state index in [0.29, 0.717) is 0 Å². The number of allylic oxidation sites excluding steroid dienone is 4. The Morgan fingerprint density at radius 2 is 0.812 bits per heavy atom. The molecule has 32 heavy (non-hydrogen) atoms. The highest BCUT2D eigenvalue weighted by Crippen LogP contribution is 1.88. The number of unbranched alkanes of at least 4 members (excludes halogenated alkanes) is 2. The van der Waals surface area contributed by atoms with Crippen molar-refractivity contribution in [2.24, 2.45) is 0 Å². The lowest BCUT2D eigenvalue weighted by molar-refractivity contribution is 0.184. The van der Waals surface area contributed by atoms with Crippen molar-refractivity contribution in [2.75, 3.05) is 34.4 Å². The van der Waals surface area contributed by atoms with Crippen LogP contribution < -0.4 is 0 Å². The van der Waals surface area contributed by atoms with Gasteiger partial charge in [-0.2, -0.15) is 0 Å². The zero-order valence-corrected chi connectivity index (χ0v) is 27.1. The fraction of sp³-hybridized carbons (Fsp3) is 0.867. The summed E-state index contributed by atoms with van der Waals surface area (Å²) in [5.74, 6) is 0. The minimum atomic E-state index is 0.873. The molecule has 0 unspecified atom stereocenters. The molecule has 0 aliphatic carbocycles. The van der Waals surface area contributed by atoms with Gasteiger partial charge in [0.1, 0.15) is 0 Å². The second-order valence-corrected chi connectivity index (χ2v) is 5.54. The normalized spacial score (nSPS) is 7.62. The van der Waals surface area contributed by atoms with E-state index in [0.717, 1.165) is 19.6 Å². The fourth-order valence-corrected chi connectivity index (χ4v) is 0.879. The first kappa shape index (κ1) is 57.8. The number of methoxy groups -OCH3 is 1. The standard InChI is InChI=1S/C6H15NO.C5H12.2C4H8.C3H8.4C2H6/c1-7(2)5-4-6-8-3;1-3-5-4-2;2*1-3-4-2;1-3-2;4*1-2/h4-6H2,1-3H3;3-5H2,1-2H3;2*3-4H,1-2H3;3H2,1-2H3;4*1-2H3/b;;2*4-3-;;;;;. The molecule has 2 nitrogen and oxygen atoms in total. The molecule has 0 rings (SSSR count). The van der Waals surface area contributed by atoms with Gasteiger partial charge in [-0.25, -0.2) is 0 Å². The Kier molecular flexibility index (Phi) is 229. The van der Waals surface area contributed by atoms with E-state index < -0.39 is 0 Å². The zero-order valence-electron chi connectivity index (χ0n) is 27.1. The lowest BCUT2D eigenvalue weighted by Crippen LogP contribution is -2.14. The van der Waals surface area contributed by atoms with E-state index in [-0.39, 0.29) is 0 Å². The summed E-state index contributed by atoms with van der Waals surface area (Å²) in [5.41, 5.74) is 0. The van der Waals surface area contributed by atoms with Gasteiger partial charge in [-0.15, -0.1) is 0 Å². The summed E-state index contributed by atoms with van der Waals surface area (Å²) in [7, 11) is 5.86. The molecule has 0 spiro atoms. The molecular weight excluding hydrogens is 390 g/mol. The summed E-state index contributed by atoms with van der Waals surface area (Å²) in [5, 5.41) is 0. The molecule has 0 aromatic heterocycles. The van der Waals surface area contributed by atoms with Gasteiger partial charge in [0.15, 0.2) is 0 Å². The number of hydrogen-bond acceptors (Lipinski definition) is 2. The summed E-state index contributed by atoms with van der Waals surface area (Å²) < 4.78 is 4.87. The van der Waals surface area contributed by atoms with Crippen molar-refractivity contribution in [1.29, 1.82) is 0 Å². The first-order valence-electron chi connectivity index (χ1n) is 13.7. The monoisotopic (exact) mass is 466 g/mol. The van der Waals surface area contributed by atoms with Crippen molar-refractivity contribution in [3.05, 3.63) is 24.3 Å². The Bertz CT molecular complexity index is 167. The van der Waals surface area contributed by atoms with Crippen molar-refractivity contribution in [3.63, 3.8) is 0 Å². The molecule has 0 aromatic rings. The van der Waals surface area contributed by atoms with Gasteiger partial charge < -0.3 is 9.64 Å². The van der Waals surface area contributed by atoms with Crippen molar-refractivity contribution in [1.82, 2.24) is 4.90 Å². The van der Waals surface area contributed by atoms with Crippen LogP contribution in [0.4, 0.5) is 0 Å². The van der Waals surface area contributed by atoms with E-state index in [1.807, 2.05) is 107 Å². The van der Waals surface area contributed by atoms with Crippen molar-refractivity contribution in [3.8, 4) is 0 Å². The molecule has 2 heteroatoms. The molecule has 0 bridgehead atoms. The van der Waals surface area contributed by atoms with Crippen LogP contribution in [0.2, 0.25) is 0 Å². The molecule has 0 atom stereocenters. The number of rotatable bonds is 6. The molecule has 206 valence electrons. The molecule has 0 heterocycles. The Labute approximate surface area is 211 Å². The predicted molar refractivity (Wildman–Crippen MR) is 163 cm³/mol. The van der Waals surface area contributed by atoms with Crippen LogP contribution in [-0.4, -0.2) is 39.3 Å². The molecule has 0 saturated heterocycles. The zero-order chi connectivity index (χ0) is 28.1. The quantitative estimate of drug-likeness (QED) is 0.285. The van der Waals surface area contributed by atoms with Crippen molar-refractivity contribution in [2.45, 2.75) is 143 Å². The van der Waals surface area contributed by atoms with E-state index in [9.17, 15) is 0 Å². The summed E-state index contributed by atoms with van der Waals surface area (Å²) in [6.07, 6.45) is 14.5. The number of nitrogens with zero attached hydrogens (tertiary/aromatic N) is 1. The molecule has 0 radical (unpaired) electrons. The van der Waals surface area contributed by atoms with Gasteiger partial charge in [-0.1, -0.05) is 133 Å². The molecule has 0 aromatic carbocycles. The third-order valence-electron chi connectivity index (χ3n) is 2.33. The second-order valence-electron chi connectivity index (χ2n) is 5.54. The van der Waals surface area contributed by atoms with Crippen LogP contribution in [0, 0.1) is 0 Å². The lowest BCUT2D eigenvalue weighted by Gasteiger charge is -2.07. The molecule has 0 aliphatic heterocycles. The van der Waals surface area contributed by atoms with Gasteiger partial charge in [0.05, 0.1) is 0 Å². The molecule has 0 N–H and O–H groups in total. The summed E-state index contributed by atoms with van der Waals surface area (Å²) in [6, 6.07) is 0. The van der Waals surface area contributed by atoms with Gasteiger partial charge >= 0.3 is 0 Å². The topological polar surface area (TPSA) is 12.5 Å². The van der Waals surface area contributed by atoms with Crippen LogP contribution >= 0.6 is 0 Å². The highest BCUT2D eigenvalue weighted by atomic mass is 16.5. The highest BCUT2D eigenvalue weighted by molar-refractivity contribution is 4.68. The highest BCUT2D eigenvalue weighted by Gasteiger charge is 1.86. The van der Waals surface area contributed by atoms with E-state index >= 15 is 0 Å². The maximum Gasteiger partial charge on any atom is 0.0474 e. The van der Waals surface area contributed by atoms with Crippen LogP contribution in [0.1, 0.15) is 143 Å². The van der Waals surface area contributed by atoms with Crippen molar-refractivity contribution < 1.29 is 4.74 Å². The van der Waals surface area contributed by atoms with Gasteiger partial charge in [-0.05, 0) is 54.8 Å². The largest absolute Gasteiger partial charge is 0.385 e. The third kappa shape index (κ3) is 336. The maximum absolute atomic E-state index is 4.87. The smallest absolute Gasteiger partial charge is 0.0474 e. The van der Waals surface area contributed by atoms with Gasteiger partial charge in [0, 0.05) is 13.7 Å². The Morgan fingerprint density at radius 1 is 0.562 bits per heavy atom. The van der Waals surface area contributed by atoms with E-state index in [4.69, 9.17) is 4.74 Å². The van der Waals surface area contributed by atoms with Gasteiger partial charge in [0.25, 0.3) is 0 Å². The molecule has 0 aliphatic rings. The van der Waals surface area contributed by atoms with E-state index in [1.165, 1.54) is 25.7 Å². The van der Waals surface area contributed by atoms with E-state index in [1.54, 1.807) is 7.11 Å². The first-order valence-corrected chi connectivity index (χ1v) is 13.7. The predicted octanol–water partition coefficient (Wildman–Crippen LogP) is 11.5. The van der Waals surface area contributed by atoms with Gasteiger partial charge in [-0.3, -0.25) is 0 Å². The van der Waals surface area contributed by atoms with Crippen LogP contribution in [0.3, 0.4) is 0 Å². The SMILES string of the molecule is C/C=C\C.C/C=C\C.CC.CC.CC.CC.CCC.CCCCC.COCCCN(C)C. The average Bonchev–Trinajstić information content (AvgIpc) is 2.86. The first-order chi connectivity index (χ1) is 15.4. The summed E-state index contributed by atoms with van der Waals surface area (Å²) in [4.78, 5) is 2.15. The molecule has 0 fully saturated rings. The van der Waals surface area contributed by atoms with E-state index in [2.05, 4.69) is 46.7 Å². The van der Waals surface area contributed by atoms with Gasteiger partial charge in [0.2, 0.25) is 0 Å². The Morgan fingerprint density at radius 3 is 0.906 bits per heavy atom. The Hall–Kier alpha value is -0.600. The van der Waals surface area contributed by atoms with Crippen LogP contribution in [0.25, 0.3) is 0 Å². The molecule has 0 saturated carbocycles. The maximum atomic E-state index is 4.87.